The smallest absolute Gasteiger partial charge is 0.457 e. The van der Waals surface area contributed by atoms with Crippen molar-refractivity contribution in [3.8, 4) is 0 Å². The zero-order valence-corrected chi connectivity index (χ0v) is 7.43. The Hall–Kier alpha value is -1.81. The Morgan fingerprint density at radius 1 is 1.25 bits per heavy atom. The number of ketones is 1. The average molecular weight is 254 g/mol. The van der Waals surface area contributed by atoms with Crippen LogP contribution >= 0.6 is 0 Å². The number of hydrogen-bond acceptors (Lipinski definition) is 3. The summed E-state index contributed by atoms with van der Waals surface area (Å²) < 4.78 is 65.9. The molecule has 0 saturated heterocycles. The zero-order chi connectivity index (χ0) is 13.5. The van der Waals surface area contributed by atoms with Crippen LogP contribution in [0.2, 0.25) is 0 Å². The van der Waals surface area contributed by atoms with Crippen molar-refractivity contribution < 1.29 is 41.3 Å². The Balaban J connectivity index is 0. The van der Waals surface area contributed by atoms with E-state index in [1.165, 1.54) is 0 Å². The second-order valence-electron chi connectivity index (χ2n) is 2.00. The summed E-state index contributed by atoms with van der Waals surface area (Å²) in [6.07, 6.45) is -5.46. The van der Waals surface area contributed by atoms with Crippen molar-refractivity contribution in [2.75, 3.05) is 0 Å². The van der Waals surface area contributed by atoms with E-state index in [4.69, 9.17) is 5.11 Å². The molecule has 0 aromatic carbocycles. The van der Waals surface area contributed by atoms with Gasteiger partial charge in [-0.3, -0.25) is 4.79 Å². The number of aliphatic carboxylic acids is 1. The molecule has 0 spiro atoms. The molecule has 0 aliphatic heterocycles. The van der Waals surface area contributed by atoms with Gasteiger partial charge in [0.2, 0.25) is 5.78 Å². The molecule has 0 saturated carbocycles. The predicted octanol–water partition coefficient (Wildman–Crippen LogP) is 1.56. The van der Waals surface area contributed by atoms with Crippen LogP contribution in [0.3, 0.4) is 0 Å². The molecule has 0 radical (unpaired) electrons. The number of carbonyl (C=O) groups excluding carboxylic acids is 1. The molecule has 1 N–H and O–H groups in total. The van der Waals surface area contributed by atoms with E-state index in [1.807, 2.05) is 0 Å². The molecule has 16 heavy (non-hydrogen) atoms. The minimum absolute atomic E-state index is 0.824. The molecule has 0 amide bonds. The number of nitrogens with zero attached hydrogens (tertiary/aromatic N) is 2. The van der Waals surface area contributed by atoms with Gasteiger partial charge in [-0.15, -0.1) is 0 Å². The highest BCUT2D eigenvalue weighted by Crippen LogP contribution is 2.20. The summed E-state index contributed by atoms with van der Waals surface area (Å²) in [5.74, 6) is -5.07. The van der Waals surface area contributed by atoms with E-state index < -0.39 is 29.1 Å². The van der Waals surface area contributed by atoms with Gasteiger partial charge in [0, 0.05) is 6.92 Å². The standard InChI is InChI=1S/C3H4O3.C2F6N2/c1-2(4)3(5)6;3-2(4,5)1(9-6)10(7)8/h1H3,(H,5,6);. The van der Waals surface area contributed by atoms with Crippen molar-refractivity contribution >= 4 is 17.6 Å². The third-order valence-corrected chi connectivity index (χ3v) is 0.795. The van der Waals surface area contributed by atoms with Crippen molar-refractivity contribution in [3.05, 3.63) is 0 Å². The first-order valence-corrected chi connectivity index (χ1v) is 3.15. The molecule has 0 heterocycles. The van der Waals surface area contributed by atoms with E-state index in [-0.39, 0.29) is 0 Å². The van der Waals surface area contributed by atoms with Gasteiger partial charge in [0.05, 0.1) is 0 Å². The van der Waals surface area contributed by atoms with Gasteiger partial charge in [-0.25, -0.2) is 4.79 Å². The topological polar surface area (TPSA) is 70.0 Å². The first-order valence-electron chi connectivity index (χ1n) is 3.15. The summed E-state index contributed by atoms with van der Waals surface area (Å²) in [6, 6.07) is 0. The number of rotatable bonds is 1. The minimum atomic E-state index is -5.46. The van der Waals surface area contributed by atoms with Crippen molar-refractivity contribution in [3.63, 3.8) is 0 Å². The fraction of sp³-hybridized carbons (Fsp3) is 0.400. The molecule has 0 rings (SSSR count). The van der Waals surface area contributed by atoms with Gasteiger partial charge in [-0.05, 0) is 5.34 Å². The summed E-state index contributed by atoms with van der Waals surface area (Å²) in [5.41, 5.74) is 0. The molecule has 0 fully saturated rings. The number of Topliss-reactive ketones (excluding diaryl/α,β-unsaturated/α-hetero) is 1. The molecular weight excluding hydrogens is 250 g/mol. The molecule has 0 aromatic heterocycles. The molecule has 0 bridgehead atoms. The van der Waals surface area contributed by atoms with Crippen LogP contribution in [-0.4, -0.2) is 34.2 Å². The molecule has 0 atom stereocenters. The highest BCUT2D eigenvalue weighted by atomic mass is 19.4. The van der Waals surface area contributed by atoms with Gasteiger partial charge in [0.1, 0.15) is 0 Å². The lowest BCUT2D eigenvalue weighted by atomic mass is 10.5. The Morgan fingerprint density at radius 2 is 1.56 bits per heavy atom. The van der Waals surface area contributed by atoms with Crippen LogP contribution in [0.4, 0.5) is 26.6 Å². The van der Waals surface area contributed by atoms with E-state index in [2.05, 4.69) is 0 Å². The molecule has 11 heteroatoms. The van der Waals surface area contributed by atoms with Crippen LogP contribution < -0.4 is 0 Å². The number of alkyl halides is 3. The summed E-state index contributed by atoms with van der Waals surface area (Å²) >= 11 is 0. The molecule has 5 nitrogen and oxygen atoms in total. The Kier molecular flexibility index (Phi) is 6.89. The van der Waals surface area contributed by atoms with Gasteiger partial charge in [0.25, 0.3) is 0 Å². The third kappa shape index (κ3) is 7.58. The van der Waals surface area contributed by atoms with Crippen LogP contribution in [-0.2, 0) is 9.59 Å². The quantitative estimate of drug-likeness (QED) is 0.253. The van der Waals surface area contributed by atoms with E-state index in [0.717, 1.165) is 12.1 Å². The molecule has 94 valence electrons. The second kappa shape index (κ2) is 6.63. The Morgan fingerprint density at radius 3 is 1.56 bits per heavy atom. The number of carboxylic acids is 1. The van der Waals surface area contributed by atoms with Gasteiger partial charge in [0.15, 0.2) is 0 Å². The molecule has 0 aromatic rings. The van der Waals surface area contributed by atoms with Crippen LogP contribution in [0.5, 0.6) is 0 Å². The van der Waals surface area contributed by atoms with Crippen molar-refractivity contribution in [2.45, 2.75) is 13.1 Å². The summed E-state index contributed by atoms with van der Waals surface area (Å²) in [6.45, 7) is 1.00. The van der Waals surface area contributed by atoms with E-state index in [0.29, 0.717) is 0 Å². The SMILES string of the molecule is CC(=O)C(=O)O.FN=C(N(F)F)C(F)(F)F. The highest BCUT2D eigenvalue weighted by Gasteiger charge is 2.42. The zero-order valence-electron chi connectivity index (χ0n) is 7.43. The maximum Gasteiger partial charge on any atom is 0.457 e. The highest BCUT2D eigenvalue weighted by molar-refractivity contribution is 6.31. The van der Waals surface area contributed by atoms with Gasteiger partial charge >= 0.3 is 18.0 Å². The number of carbonyl (C=O) groups is 2. The Labute approximate surface area is 83.8 Å². The number of halogens is 6. The second-order valence-corrected chi connectivity index (χ2v) is 2.00. The monoisotopic (exact) mass is 254 g/mol. The number of hydrogen-bond donors (Lipinski definition) is 1. The third-order valence-electron chi connectivity index (χ3n) is 0.795. The van der Waals surface area contributed by atoms with Crippen molar-refractivity contribution in [1.82, 2.24) is 5.34 Å². The van der Waals surface area contributed by atoms with Crippen LogP contribution in [0.1, 0.15) is 6.92 Å². The average Bonchev–Trinajstić information content (AvgIpc) is 2.02. The van der Waals surface area contributed by atoms with Crippen molar-refractivity contribution in [1.29, 1.82) is 0 Å². The van der Waals surface area contributed by atoms with Gasteiger partial charge in [-0.2, -0.15) is 13.2 Å². The number of carboxylic acid groups (broad SMARTS) is 1. The van der Waals surface area contributed by atoms with Gasteiger partial charge < -0.3 is 5.11 Å². The molecule has 0 aliphatic rings. The molecule has 0 aliphatic carbocycles. The first-order chi connectivity index (χ1) is 7.03. The van der Waals surface area contributed by atoms with Crippen molar-refractivity contribution in [2.24, 2.45) is 5.21 Å². The summed E-state index contributed by atoms with van der Waals surface area (Å²) in [5, 5.41) is 6.02. The molecule has 0 unspecified atom stereocenters. The van der Waals surface area contributed by atoms with Crippen LogP contribution in [0.15, 0.2) is 5.21 Å². The first kappa shape index (κ1) is 16.6. The Bertz CT molecular complexity index is 274. The van der Waals surface area contributed by atoms with Gasteiger partial charge in [-0.1, -0.05) is 18.7 Å². The predicted molar refractivity (Wildman–Crippen MR) is 37.0 cm³/mol. The fourth-order valence-electron chi connectivity index (χ4n) is 0.172. The minimum Gasteiger partial charge on any atom is -0.476 e. The van der Waals surface area contributed by atoms with Crippen LogP contribution in [0, 0.1) is 0 Å². The summed E-state index contributed by atoms with van der Waals surface area (Å²) in [4.78, 5) is 18.9. The van der Waals surface area contributed by atoms with Crippen LogP contribution in [0.25, 0.3) is 0 Å². The van der Waals surface area contributed by atoms with E-state index >= 15 is 0 Å². The largest absolute Gasteiger partial charge is 0.476 e. The maximum atomic E-state index is 11.1. The lowest BCUT2D eigenvalue weighted by Gasteiger charge is -2.06. The summed E-state index contributed by atoms with van der Waals surface area (Å²) in [7, 11) is 0. The fourth-order valence-corrected chi connectivity index (χ4v) is 0.172. The number of amidine groups is 1. The molecular formula is C5H4F6N2O3. The normalized spacial score (nSPS) is 11.3. The van der Waals surface area contributed by atoms with E-state index in [9.17, 15) is 36.2 Å². The maximum absolute atomic E-state index is 11.1. The van der Waals surface area contributed by atoms with E-state index in [1.54, 1.807) is 0 Å². The lowest BCUT2D eigenvalue weighted by Crippen LogP contribution is -2.31. The lowest BCUT2D eigenvalue weighted by molar-refractivity contribution is -0.148.